The summed E-state index contributed by atoms with van der Waals surface area (Å²) in [7, 11) is 0. The summed E-state index contributed by atoms with van der Waals surface area (Å²) < 4.78 is 4.67. The third-order valence-electron chi connectivity index (χ3n) is 2.96. The number of carbonyl (C=O) groups is 2. The van der Waals surface area contributed by atoms with Crippen molar-refractivity contribution in [2.75, 3.05) is 12.4 Å². The first-order valence-corrected chi connectivity index (χ1v) is 8.56. The topological polar surface area (TPSA) is 81.2 Å². The van der Waals surface area contributed by atoms with E-state index in [1.807, 2.05) is 20.8 Å². The predicted octanol–water partition coefficient (Wildman–Crippen LogP) is 2.98. The Morgan fingerprint density at radius 3 is 2.68 bits per heavy atom. The van der Waals surface area contributed by atoms with Crippen LogP contribution in [0.4, 0.5) is 4.79 Å². The molecule has 2 rings (SSSR count). The van der Waals surface area contributed by atoms with Crippen LogP contribution in [0.15, 0.2) is 5.03 Å². The minimum atomic E-state index is -0.723. The van der Waals surface area contributed by atoms with Crippen LogP contribution >= 0.6 is 23.1 Å². The molecule has 2 heterocycles. The van der Waals surface area contributed by atoms with Gasteiger partial charge in [0.15, 0.2) is 0 Å². The monoisotopic (exact) mass is 339 g/mol. The summed E-state index contributed by atoms with van der Waals surface area (Å²) in [4.78, 5) is 33.9. The fourth-order valence-electron chi connectivity index (χ4n) is 1.87. The maximum absolute atomic E-state index is 11.7. The molecule has 1 N–H and O–H groups in total. The highest BCUT2D eigenvalue weighted by molar-refractivity contribution is 8.00. The molecule has 0 fully saturated rings. The fourth-order valence-corrected chi connectivity index (χ4v) is 3.94. The van der Waals surface area contributed by atoms with E-state index in [1.165, 1.54) is 16.6 Å². The van der Waals surface area contributed by atoms with Crippen LogP contribution in [-0.4, -0.2) is 34.3 Å². The fraction of sp³-hybridized carbons (Fsp3) is 0.429. The van der Waals surface area contributed by atoms with Gasteiger partial charge in [-0.1, -0.05) is 11.8 Å². The average Bonchev–Trinajstić information content (AvgIpc) is 2.71. The lowest BCUT2D eigenvalue weighted by atomic mass is 10.2. The van der Waals surface area contributed by atoms with Gasteiger partial charge in [-0.25, -0.2) is 14.8 Å². The van der Waals surface area contributed by atoms with Gasteiger partial charge in [0.2, 0.25) is 5.91 Å². The van der Waals surface area contributed by atoms with Gasteiger partial charge in [-0.2, -0.15) is 0 Å². The number of rotatable bonds is 4. The highest BCUT2D eigenvalue weighted by Gasteiger charge is 2.16. The van der Waals surface area contributed by atoms with E-state index in [0.717, 1.165) is 20.8 Å². The quantitative estimate of drug-likeness (QED) is 0.681. The van der Waals surface area contributed by atoms with Gasteiger partial charge in [0.05, 0.1) is 12.4 Å². The summed E-state index contributed by atoms with van der Waals surface area (Å²) in [5.74, 6) is 0.359. The summed E-state index contributed by atoms with van der Waals surface area (Å²) in [6.45, 7) is 7.80. The van der Waals surface area contributed by atoms with Crippen LogP contribution in [0, 0.1) is 20.8 Å². The molecule has 0 aliphatic heterocycles. The number of hydrogen-bond donors (Lipinski definition) is 1. The third-order valence-corrected chi connectivity index (χ3v) is 5.04. The van der Waals surface area contributed by atoms with Crippen LogP contribution in [-0.2, 0) is 9.53 Å². The zero-order valence-electron chi connectivity index (χ0n) is 12.8. The Morgan fingerprint density at radius 2 is 2.00 bits per heavy atom. The minimum absolute atomic E-state index is 0.0959. The van der Waals surface area contributed by atoms with Crippen molar-refractivity contribution in [2.24, 2.45) is 0 Å². The summed E-state index contributed by atoms with van der Waals surface area (Å²) in [6.07, 6.45) is -0.723. The van der Waals surface area contributed by atoms with E-state index in [9.17, 15) is 9.59 Å². The minimum Gasteiger partial charge on any atom is -0.450 e. The van der Waals surface area contributed by atoms with Gasteiger partial charge in [-0.15, -0.1) is 11.3 Å². The van der Waals surface area contributed by atoms with Crippen molar-refractivity contribution in [1.82, 2.24) is 15.3 Å². The largest absolute Gasteiger partial charge is 0.450 e. The van der Waals surface area contributed by atoms with Crippen molar-refractivity contribution < 1.29 is 14.3 Å². The number of alkyl carbamates (subject to hydrolysis) is 1. The summed E-state index contributed by atoms with van der Waals surface area (Å²) in [5, 5.41) is 3.93. The number of aryl methyl sites for hydroxylation is 3. The molecule has 0 aromatic carbocycles. The van der Waals surface area contributed by atoms with Gasteiger partial charge < -0.3 is 4.74 Å². The Kier molecular flexibility index (Phi) is 5.36. The van der Waals surface area contributed by atoms with Gasteiger partial charge in [0, 0.05) is 10.3 Å². The molecule has 0 aliphatic rings. The second-order valence-corrected chi connectivity index (χ2v) is 6.76. The van der Waals surface area contributed by atoms with Gasteiger partial charge in [-0.3, -0.25) is 10.1 Å². The highest BCUT2D eigenvalue weighted by atomic mass is 32.2. The van der Waals surface area contributed by atoms with Gasteiger partial charge in [0.1, 0.15) is 15.7 Å². The Morgan fingerprint density at radius 1 is 1.27 bits per heavy atom. The molecule has 0 saturated carbocycles. The Labute approximate surface area is 136 Å². The van der Waals surface area contributed by atoms with Crippen LogP contribution in [0.25, 0.3) is 10.2 Å². The van der Waals surface area contributed by atoms with Crippen molar-refractivity contribution in [3.63, 3.8) is 0 Å². The molecule has 6 nitrogen and oxygen atoms in total. The number of hydrogen-bond acceptors (Lipinski definition) is 7. The number of aromatic nitrogens is 2. The first-order valence-electron chi connectivity index (χ1n) is 6.76. The van der Waals surface area contributed by atoms with Crippen molar-refractivity contribution in [3.8, 4) is 0 Å². The summed E-state index contributed by atoms with van der Waals surface area (Å²) in [6, 6.07) is 0. The lowest BCUT2D eigenvalue weighted by Crippen LogP contribution is -2.32. The Bertz CT molecular complexity index is 728. The highest BCUT2D eigenvalue weighted by Crippen LogP contribution is 2.34. The molecule has 22 heavy (non-hydrogen) atoms. The van der Waals surface area contributed by atoms with Crippen LogP contribution in [0.1, 0.15) is 23.2 Å². The summed E-state index contributed by atoms with van der Waals surface area (Å²) in [5.41, 5.74) is 1.13. The summed E-state index contributed by atoms with van der Waals surface area (Å²) >= 11 is 2.91. The van der Waals surface area contributed by atoms with Crippen molar-refractivity contribution in [1.29, 1.82) is 0 Å². The normalized spacial score (nSPS) is 10.7. The number of imide groups is 1. The first-order chi connectivity index (χ1) is 10.4. The number of fused-ring (bicyclic) bond motifs is 1. The third kappa shape index (κ3) is 3.75. The molecule has 2 aromatic rings. The van der Waals surface area contributed by atoms with Gasteiger partial charge in [-0.05, 0) is 33.3 Å². The SMILES string of the molecule is CCOC(=O)NC(=O)CSc1nc(C)nc2sc(C)c(C)c12. The molecule has 0 spiro atoms. The number of thioether (sulfide) groups is 1. The Hall–Kier alpha value is -1.67. The molecule has 118 valence electrons. The molecular formula is C14H17N3O3S2. The average molecular weight is 339 g/mol. The predicted molar refractivity (Wildman–Crippen MR) is 87.5 cm³/mol. The molecule has 0 saturated heterocycles. The van der Waals surface area contributed by atoms with E-state index < -0.39 is 12.0 Å². The smallest absolute Gasteiger partial charge is 0.413 e. The molecule has 8 heteroatoms. The number of amides is 2. The zero-order valence-corrected chi connectivity index (χ0v) is 14.5. The van der Waals surface area contributed by atoms with Crippen molar-refractivity contribution in [3.05, 3.63) is 16.3 Å². The van der Waals surface area contributed by atoms with Gasteiger partial charge >= 0.3 is 6.09 Å². The zero-order chi connectivity index (χ0) is 16.3. The number of nitrogens with zero attached hydrogens (tertiary/aromatic N) is 2. The molecule has 0 bridgehead atoms. The molecular weight excluding hydrogens is 322 g/mol. The molecule has 2 aromatic heterocycles. The molecule has 2 amide bonds. The lowest BCUT2D eigenvalue weighted by Gasteiger charge is -2.06. The van der Waals surface area contributed by atoms with Crippen LogP contribution in [0.5, 0.6) is 0 Å². The van der Waals surface area contributed by atoms with Crippen LogP contribution in [0.2, 0.25) is 0 Å². The maximum atomic E-state index is 11.7. The standard InChI is InChI=1S/C14H17N3O3S2/c1-5-20-14(19)17-10(18)6-21-12-11-7(2)8(3)22-13(11)16-9(4)15-12/h5-6H2,1-4H3,(H,17,18,19). The van der Waals surface area contributed by atoms with Crippen molar-refractivity contribution >= 4 is 45.3 Å². The molecule has 0 radical (unpaired) electrons. The maximum Gasteiger partial charge on any atom is 0.413 e. The van der Waals surface area contributed by atoms with E-state index >= 15 is 0 Å². The van der Waals surface area contributed by atoms with Crippen LogP contribution in [0.3, 0.4) is 0 Å². The number of thiophene rings is 1. The van der Waals surface area contributed by atoms with Gasteiger partial charge in [0.25, 0.3) is 0 Å². The van der Waals surface area contributed by atoms with Crippen molar-refractivity contribution in [2.45, 2.75) is 32.7 Å². The molecule has 0 atom stereocenters. The lowest BCUT2D eigenvalue weighted by molar-refractivity contribution is -0.117. The number of carbonyl (C=O) groups excluding carboxylic acids is 2. The van der Waals surface area contributed by atoms with Crippen LogP contribution < -0.4 is 5.32 Å². The second kappa shape index (κ2) is 7.06. The Balaban J connectivity index is 2.14. The van der Waals surface area contributed by atoms with E-state index in [-0.39, 0.29) is 12.4 Å². The number of ether oxygens (including phenoxy) is 1. The van der Waals surface area contributed by atoms with E-state index in [1.54, 1.807) is 18.3 Å². The molecule has 0 aliphatic carbocycles. The first kappa shape index (κ1) is 16.7. The molecule has 0 unspecified atom stereocenters. The second-order valence-electron chi connectivity index (χ2n) is 4.60. The number of nitrogens with one attached hydrogen (secondary N) is 1. The van der Waals surface area contributed by atoms with E-state index in [4.69, 9.17) is 0 Å². The van der Waals surface area contributed by atoms with E-state index in [0.29, 0.717) is 5.82 Å². The van der Waals surface area contributed by atoms with E-state index in [2.05, 4.69) is 20.0 Å².